The predicted octanol–water partition coefficient (Wildman–Crippen LogP) is 4.96. The second kappa shape index (κ2) is 10.8. The molecule has 2 N–H and O–H groups in total. The first-order valence-electron chi connectivity index (χ1n) is 10.1. The molecule has 3 aromatic rings. The van der Waals surface area contributed by atoms with E-state index in [4.69, 9.17) is 9.47 Å². The minimum absolute atomic E-state index is 0.184. The minimum Gasteiger partial charge on any atom is -0.434 e. The third-order valence-corrected chi connectivity index (χ3v) is 4.51. The number of rotatable bonds is 7. The third-order valence-electron chi connectivity index (χ3n) is 4.51. The lowest BCUT2D eigenvalue weighted by atomic mass is 10.1. The lowest BCUT2D eigenvalue weighted by molar-refractivity contribution is -0.115. The molecular weight excluding hydrogens is 408 g/mol. The van der Waals surface area contributed by atoms with Crippen LogP contribution in [-0.2, 0) is 16.0 Å². The maximum atomic E-state index is 12.7. The van der Waals surface area contributed by atoms with Gasteiger partial charge < -0.3 is 20.1 Å². The first kappa shape index (κ1) is 22.6. The number of hydrogen-bond donors (Lipinski definition) is 2. The molecule has 0 saturated carbocycles. The summed E-state index contributed by atoms with van der Waals surface area (Å²) >= 11 is 0. The zero-order valence-corrected chi connectivity index (χ0v) is 17.9. The zero-order chi connectivity index (χ0) is 22.9. The first-order valence-corrected chi connectivity index (χ1v) is 10.1. The quantitative estimate of drug-likeness (QED) is 0.406. The zero-order valence-electron chi connectivity index (χ0n) is 17.9. The fourth-order valence-corrected chi connectivity index (χ4v) is 2.90. The lowest BCUT2D eigenvalue weighted by Gasteiger charge is -2.13. The standard InChI is InChI=1S/C25H24N2O5/c1-3-31-25(30)32-20-14-12-19(13-15-20)24(29)27-22-7-5-4-6-21(22)26-23(28)16-18-10-8-17(2)9-11-18/h4-15H,3,16H2,1-2H3,(H,26,28)(H,27,29). The largest absolute Gasteiger partial charge is 0.513 e. The van der Waals surface area contributed by atoms with Gasteiger partial charge in [-0.3, -0.25) is 9.59 Å². The van der Waals surface area contributed by atoms with Crippen LogP contribution >= 0.6 is 0 Å². The van der Waals surface area contributed by atoms with Crippen molar-refractivity contribution in [3.8, 4) is 5.75 Å². The van der Waals surface area contributed by atoms with E-state index in [0.29, 0.717) is 16.9 Å². The van der Waals surface area contributed by atoms with Gasteiger partial charge in [-0.1, -0.05) is 42.0 Å². The molecule has 0 fully saturated rings. The van der Waals surface area contributed by atoms with Crippen molar-refractivity contribution in [3.63, 3.8) is 0 Å². The third kappa shape index (κ3) is 6.43. The Labute approximate surface area is 186 Å². The molecule has 0 atom stereocenters. The van der Waals surface area contributed by atoms with Crippen LogP contribution in [-0.4, -0.2) is 24.6 Å². The summed E-state index contributed by atoms with van der Waals surface area (Å²) in [5.74, 6) is -0.285. The van der Waals surface area contributed by atoms with E-state index in [1.165, 1.54) is 24.3 Å². The number of nitrogens with one attached hydrogen (secondary N) is 2. The Morgan fingerprint density at radius 2 is 1.44 bits per heavy atom. The summed E-state index contributed by atoms with van der Waals surface area (Å²) in [4.78, 5) is 36.5. The van der Waals surface area contributed by atoms with Gasteiger partial charge in [0, 0.05) is 5.56 Å². The SMILES string of the molecule is CCOC(=O)Oc1ccc(C(=O)Nc2ccccc2NC(=O)Cc2ccc(C)cc2)cc1. The van der Waals surface area contributed by atoms with Crippen molar-refractivity contribution < 1.29 is 23.9 Å². The first-order chi connectivity index (χ1) is 15.4. The highest BCUT2D eigenvalue weighted by Gasteiger charge is 2.12. The molecule has 0 bridgehead atoms. The molecule has 3 rings (SSSR count). The van der Waals surface area contributed by atoms with Crippen LogP contribution in [0.5, 0.6) is 5.75 Å². The van der Waals surface area contributed by atoms with Gasteiger partial charge in [0.15, 0.2) is 0 Å². The number of anilines is 2. The van der Waals surface area contributed by atoms with Crippen molar-refractivity contribution in [2.24, 2.45) is 0 Å². The van der Waals surface area contributed by atoms with Crippen molar-refractivity contribution in [1.82, 2.24) is 0 Å². The van der Waals surface area contributed by atoms with Gasteiger partial charge in [-0.2, -0.15) is 0 Å². The average molecular weight is 432 g/mol. The molecule has 0 radical (unpaired) electrons. The molecule has 0 aliphatic rings. The number of carbonyl (C=O) groups is 3. The van der Waals surface area contributed by atoms with Crippen LogP contribution < -0.4 is 15.4 Å². The Morgan fingerprint density at radius 1 is 0.812 bits per heavy atom. The highest BCUT2D eigenvalue weighted by molar-refractivity contribution is 6.07. The van der Waals surface area contributed by atoms with E-state index >= 15 is 0 Å². The van der Waals surface area contributed by atoms with Gasteiger partial charge >= 0.3 is 6.16 Å². The summed E-state index contributed by atoms with van der Waals surface area (Å²) in [6.45, 7) is 3.88. The van der Waals surface area contributed by atoms with Crippen molar-refractivity contribution in [2.45, 2.75) is 20.3 Å². The smallest absolute Gasteiger partial charge is 0.434 e. The molecule has 0 aromatic heterocycles. The van der Waals surface area contributed by atoms with Crippen LogP contribution in [0.25, 0.3) is 0 Å². The van der Waals surface area contributed by atoms with Crippen LogP contribution in [0.1, 0.15) is 28.4 Å². The number of para-hydroxylation sites is 2. The lowest BCUT2D eigenvalue weighted by Crippen LogP contribution is -2.18. The number of aryl methyl sites for hydroxylation is 1. The van der Waals surface area contributed by atoms with E-state index < -0.39 is 6.16 Å². The van der Waals surface area contributed by atoms with E-state index in [9.17, 15) is 14.4 Å². The van der Waals surface area contributed by atoms with E-state index in [1.807, 2.05) is 31.2 Å². The molecular formula is C25H24N2O5. The van der Waals surface area contributed by atoms with Crippen LogP contribution in [0, 0.1) is 6.92 Å². The fourth-order valence-electron chi connectivity index (χ4n) is 2.90. The summed E-state index contributed by atoms with van der Waals surface area (Å²) in [6, 6.07) is 20.8. The monoisotopic (exact) mass is 432 g/mol. The Balaban J connectivity index is 1.63. The molecule has 0 saturated heterocycles. The molecule has 0 unspecified atom stereocenters. The van der Waals surface area contributed by atoms with E-state index in [2.05, 4.69) is 10.6 Å². The van der Waals surface area contributed by atoms with Gasteiger partial charge in [0.2, 0.25) is 5.91 Å². The molecule has 32 heavy (non-hydrogen) atoms. The van der Waals surface area contributed by atoms with Crippen molar-refractivity contribution >= 4 is 29.3 Å². The molecule has 0 aliphatic heterocycles. The average Bonchev–Trinajstić information content (AvgIpc) is 2.77. The van der Waals surface area contributed by atoms with E-state index in [0.717, 1.165) is 11.1 Å². The summed E-state index contributed by atoms with van der Waals surface area (Å²) in [5.41, 5.74) is 3.37. The second-order valence-corrected chi connectivity index (χ2v) is 7.02. The van der Waals surface area contributed by atoms with Crippen LogP contribution in [0.4, 0.5) is 16.2 Å². The number of amides is 2. The Morgan fingerprint density at radius 3 is 2.06 bits per heavy atom. The molecule has 7 nitrogen and oxygen atoms in total. The van der Waals surface area contributed by atoms with Gasteiger partial charge in [0.05, 0.1) is 24.4 Å². The van der Waals surface area contributed by atoms with Gasteiger partial charge in [-0.15, -0.1) is 0 Å². The fraction of sp³-hybridized carbons (Fsp3) is 0.160. The Kier molecular flexibility index (Phi) is 7.59. The van der Waals surface area contributed by atoms with E-state index in [1.54, 1.807) is 31.2 Å². The summed E-state index contributed by atoms with van der Waals surface area (Å²) < 4.78 is 9.70. The molecule has 0 spiro atoms. The van der Waals surface area contributed by atoms with Crippen molar-refractivity contribution in [3.05, 3.63) is 89.5 Å². The molecule has 7 heteroatoms. The van der Waals surface area contributed by atoms with E-state index in [-0.39, 0.29) is 30.6 Å². The number of ether oxygens (including phenoxy) is 2. The van der Waals surface area contributed by atoms with Gasteiger partial charge in [0.25, 0.3) is 5.91 Å². The molecule has 3 aromatic carbocycles. The maximum Gasteiger partial charge on any atom is 0.513 e. The van der Waals surface area contributed by atoms with Gasteiger partial charge in [-0.25, -0.2) is 4.79 Å². The summed E-state index contributed by atoms with van der Waals surface area (Å²) in [5, 5.41) is 5.65. The minimum atomic E-state index is -0.806. The maximum absolute atomic E-state index is 12.7. The normalized spacial score (nSPS) is 10.2. The van der Waals surface area contributed by atoms with Gasteiger partial charge in [0.1, 0.15) is 5.75 Å². The summed E-state index contributed by atoms with van der Waals surface area (Å²) in [6.07, 6.45) is -0.579. The number of benzene rings is 3. The molecule has 0 aliphatic carbocycles. The van der Waals surface area contributed by atoms with Crippen molar-refractivity contribution in [1.29, 1.82) is 0 Å². The highest BCUT2D eigenvalue weighted by atomic mass is 16.7. The predicted molar refractivity (Wildman–Crippen MR) is 122 cm³/mol. The van der Waals surface area contributed by atoms with Crippen molar-refractivity contribution in [2.75, 3.05) is 17.2 Å². The molecule has 164 valence electrons. The number of carbonyl (C=O) groups excluding carboxylic acids is 3. The second-order valence-electron chi connectivity index (χ2n) is 7.02. The van der Waals surface area contributed by atoms with Crippen LogP contribution in [0.15, 0.2) is 72.8 Å². The molecule has 2 amide bonds. The highest BCUT2D eigenvalue weighted by Crippen LogP contribution is 2.23. The van der Waals surface area contributed by atoms with Crippen LogP contribution in [0.2, 0.25) is 0 Å². The Bertz CT molecular complexity index is 1090. The summed E-state index contributed by atoms with van der Waals surface area (Å²) in [7, 11) is 0. The number of hydrogen-bond acceptors (Lipinski definition) is 5. The Hall–Kier alpha value is -4.13. The van der Waals surface area contributed by atoms with Crippen LogP contribution in [0.3, 0.4) is 0 Å². The van der Waals surface area contributed by atoms with Gasteiger partial charge in [-0.05, 0) is 55.8 Å². The topological polar surface area (TPSA) is 93.7 Å². The molecule has 0 heterocycles.